The molecule has 1 spiro atoms. The van der Waals surface area contributed by atoms with Gasteiger partial charge in [0.15, 0.2) is 11.6 Å². The van der Waals surface area contributed by atoms with Gasteiger partial charge in [-0.1, -0.05) is 19.1 Å². The number of aliphatic hydroxyl groups is 1. The Kier molecular flexibility index (Phi) is 3.96. The summed E-state index contributed by atoms with van der Waals surface area (Å²) in [6.07, 6.45) is 3.45. The largest absolute Gasteiger partial charge is 0.515 e. The number of halogens is 1. The number of carbonyl (C=O) groups excluding carboxylic acids is 1. The van der Waals surface area contributed by atoms with Crippen LogP contribution in [0, 0.1) is 17.7 Å². The molecule has 1 saturated heterocycles. The highest BCUT2D eigenvalue weighted by Gasteiger charge is 2.61. The van der Waals surface area contributed by atoms with E-state index in [1.165, 1.54) is 12.1 Å². The number of rotatable bonds is 1. The first kappa shape index (κ1) is 16.7. The first-order valence-electron chi connectivity index (χ1n) is 8.95. The van der Waals surface area contributed by atoms with Crippen LogP contribution >= 0.6 is 0 Å². The van der Waals surface area contributed by atoms with E-state index in [4.69, 9.17) is 9.47 Å². The van der Waals surface area contributed by atoms with Gasteiger partial charge in [-0.3, -0.25) is 4.79 Å². The Bertz CT molecular complexity index is 705. The lowest BCUT2D eigenvalue weighted by Gasteiger charge is -2.55. The molecule has 2 aliphatic carbocycles. The van der Waals surface area contributed by atoms with Gasteiger partial charge in [0.2, 0.25) is 0 Å². The van der Waals surface area contributed by atoms with Gasteiger partial charge in [0.05, 0.1) is 24.9 Å². The number of Topliss-reactive ketones (excluding diaryl/α,β-unsaturated/α-hetero) is 1. The van der Waals surface area contributed by atoms with Crippen molar-refractivity contribution < 1.29 is 23.8 Å². The molecular weight excluding hydrogens is 323 g/mol. The number of aliphatic hydroxyl groups excluding tert-OH is 1. The van der Waals surface area contributed by atoms with Crippen molar-refractivity contribution in [1.29, 1.82) is 0 Å². The van der Waals surface area contributed by atoms with Crippen molar-refractivity contribution in [3.8, 4) is 0 Å². The van der Waals surface area contributed by atoms with E-state index < -0.39 is 11.2 Å². The molecule has 0 bridgehead atoms. The molecule has 0 radical (unpaired) electrons. The minimum absolute atomic E-state index is 0.0287. The van der Waals surface area contributed by atoms with Gasteiger partial charge < -0.3 is 14.6 Å². The quantitative estimate of drug-likeness (QED) is 0.623. The summed E-state index contributed by atoms with van der Waals surface area (Å²) in [6.45, 7) is 3.25. The highest BCUT2D eigenvalue weighted by atomic mass is 19.1. The Morgan fingerprint density at radius 3 is 2.52 bits per heavy atom. The third kappa shape index (κ3) is 2.29. The van der Waals surface area contributed by atoms with Gasteiger partial charge in [0, 0.05) is 17.9 Å². The number of fused-ring (bicyclic) bond motifs is 1. The van der Waals surface area contributed by atoms with Gasteiger partial charge in [0.25, 0.3) is 0 Å². The third-order valence-corrected chi connectivity index (χ3v) is 6.51. The average Bonchev–Trinajstić information content (AvgIpc) is 3.10. The Balaban J connectivity index is 1.83. The van der Waals surface area contributed by atoms with E-state index >= 15 is 0 Å². The van der Waals surface area contributed by atoms with Crippen LogP contribution in [0.5, 0.6) is 0 Å². The van der Waals surface area contributed by atoms with Crippen molar-refractivity contribution in [3.05, 3.63) is 47.5 Å². The van der Waals surface area contributed by atoms with Crippen LogP contribution in [0.3, 0.4) is 0 Å². The minimum atomic E-state index is -0.750. The molecule has 3 fully saturated rings. The van der Waals surface area contributed by atoms with E-state index in [9.17, 15) is 14.3 Å². The molecule has 1 aromatic carbocycles. The van der Waals surface area contributed by atoms with Crippen LogP contribution in [-0.4, -0.2) is 29.9 Å². The molecule has 3 aliphatic rings. The first-order valence-corrected chi connectivity index (χ1v) is 8.95. The van der Waals surface area contributed by atoms with Gasteiger partial charge in [-0.05, 0) is 42.9 Å². The predicted molar refractivity (Wildman–Crippen MR) is 89.6 cm³/mol. The van der Waals surface area contributed by atoms with Crippen molar-refractivity contribution in [1.82, 2.24) is 0 Å². The predicted octanol–water partition coefficient (Wildman–Crippen LogP) is 3.66. The van der Waals surface area contributed by atoms with Crippen molar-refractivity contribution >= 4 is 5.78 Å². The summed E-state index contributed by atoms with van der Waals surface area (Å²) in [4.78, 5) is 13.3. The zero-order valence-corrected chi connectivity index (χ0v) is 14.3. The van der Waals surface area contributed by atoms with E-state index in [2.05, 4.69) is 6.92 Å². The zero-order chi connectivity index (χ0) is 17.7. The normalized spacial score (nSPS) is 35.9. The third-order valence-electron chi connectivity index (χ3n) is 6.51. The lowest BCUT2D eigenvalue weighted by Crippen LogP contribution is -2.59. The fourth-order valence-electron chi connectivity index (χ4n) is 5.24. The van der Waals surface area contributed by atoms with Crippen molar-refractivity contribution in [2.24, 2.45) is 11.8 Å². The Morgan fingerprint density at radius 2 is 1.88 bits per heavy atom. The number of allylic oxidation sites excluding steroid dienone is 1. The molecule has 4 rings (SSSR count). The van der Waals surface area contributed by atoms with Gasteiger partial charge in [-0.2, -0.15) is 0 Å². The molecule has 0 aromatic heterocycles. The van der Waals surface area contributed by atoms with Crippen molar-refractivity contribution in [2.75, 3.05) is 13.2 Å². The number of hydrogen-bond donors (Lipinski definition) is 1. The summed E-state index contributed by atoms with van der Waals surface area (Å²) in [5, 5.41) is 9.54. The van der Waals surface area contributed by atoms with Crippen LogP contribution < -0.4 is 0 Å². The topological polar surface area (TPSA) is 55.8 Å². The molecule has 1 N–H and O–H groups in total. The highest BCUT2D eigenvalue weighted by molar-refractivity contribution is 6.04. The Labute approximate surface area is 146 Å². The maximum atomic E-state index is 13.5. The molecule has 1 aromatic rings. The second-order valence-corrected chi connectivity index (χ2v) is 7.40. The summed E-state index contributed by atoms with van der Waals surface area (Å²) in [7, 11) is 0. The molecule has 25 heavy (non-hydrogen) atoms. The summed E-state index contributed by atoms with van der Waals surface area (Å²) >= 11 is 0. The van der Waals surface area contributed by atoms with Crippen LogP contribution in [0.15, 0.2) is 36.1 Å². The maximum absolute atomic E-state index is 13.5. The van der Waals surface area contributed by atoms with Gasteiger partial charge >= 0.3 is 0 Å². The van der Waals surface area contributed by atoms with Gasteiger partial charge in [0.1, 0.15) is 5.82 Å². The monoisotopic (exact) mass is 346 g/mol. The number of ketones is 1. The molecular formula is C20H23FO4. The maximum Gasteiger partial charge on any atom is 0.172 e. The zero-order valence-electron chi connectivity index (χ0n) is 14.3. The summed E-state index contributed by atoms with van der Waals surface area (Å²) in [6, 6.07) is 6.23. The summed E-state index contributed by atoms with van der Waals surface area (Å²) in [5.74, 6) is -0.910. The molecule has 1 aliphatic heterocycles. The number of hydrogen-bond acceptors (Lipinski definition) is 4. The fourth-order valence-corrected chi connectivity index (χ4v) is 5.24. The molecule has 3 atom stereocenters. The van der Waals surface area contributed by atoms with Crippen LogP contribution in [0.25, 0.3) is 0 Å². The van der Waals surface area contributed by atoms with Crippen molar-refractivity contribution in [2.45, 2.75) is 43.8 Å². The Morgan fingerprint density at radius 1 is 1.20 bits per heavy atom. The SMILES string of the molecule is C[C@H]1[C@@H]2CC/C(=C/O)C(=O)[C@@]2(c2ccc(F)cc2)CCC12OCCO2. The fraction of sp³-hybridized carbons (Fsp3) is 0.550. The summed E-state index contributed by atoms with van der Waals surface area (Å²) < 4.78 is 25.4. The van der Waals surface area contributed by atoms with E-state index in [1.54, 1.807) is 12.1 Å². The van der Waals surface area contributed by atoms with E-state index in [1.807, 2.05) is 0 Å². The van der Waals surface area contributed by atoms with Crippen LogP contribution in [0.2, 0.25) is 0 Å². The molecule has 2 saturated carbocycles. The Hall–Kier alpha value is -1.72. The molecule has 4 nitrogen and oxygen atoms in total. The molecule has 0 amide bonds. The van der Waals surface area contributed by atoms with E-state index in [0.717, 1.165) is 18.2 Å². The lowest BCUT2D eigenvalue weighted by molar-refractivity contribution is -0.234. The number of carbonyl (C=O) groups is 1. The minimum Gasteiger partial charge on any atom is -0.515 e. The number of ether oxygens (including phenoxy) is 2. The number of benzene rings is 1. The first-order chi connectivity index (χ1) is 12.0. The van der Waals surface area contributed by atoms with Crippen LogP contribution in [-0.2, 0) is 19.7 Å². The summed E-state index contributed by atoms with van der Waals surface area (Å²) in [5.41, 5.74) is 0.528. The molecule has 0 unspecified atom stereocenters. The van der Waals surface area contributed by atoms with Crippen LogP contribution in [0.4, 0.5) is 4.39 Å². The van der Waals surface area contributed by atoms with E-state index in [0.29, 0.717) is 38.0 Å². The molecule has 1 heterocycles. The van der Waals surface area contributed by atoms with Crippen LogP contribution in [0.1, 0.15) is 38.2 Å². The average molecular weight is 346 g/mol. The lowest BCUT2D eigenvalue weighted by atomic mass is 9.51. The van der Waals surface area contributed by atoms with E-state index in [-0.39, 0.29) is 23.4 Å². The van der Waals surface area contributed by atoms with Gasteiger partial charge in [-0.25, -0.2) is 4.39 Å². The molecule has 134 valence electrons. The second kappa shape index (κ2) is 5.92. The highest BCUT2D eigenvalue weighted by Crippen LogP contribution is 2.58. The standard InChI is InChI=1S/C20H23FO4/c1-13-17-7-2-14(12-22)18(23)19(17,15-3-5-16(21)6-4-15)8-9-20(13)24-10-11-25-20/h3-6,12-13,17,22H,2,7-11H2,1H3/b14-12-/t13-,17-,19+/m0/s1. The van der Waals surface area contributed by atoms with Gasteiger partial charge in [-0.15, -0.1) is 0 Å². The molecule has 5 heteroatoms. The second-order valence-electron chi connectivity index (χ2n) is 7.40. The van der Waals surface area contributed by atoms with Crippen molar-refractivity contribution in [3.63, 3.8) is 0 Å². The smallest absolute Gasteiger partial charge is 0.172 e.